The fourth-order valence-corrected chi connectivity index (χ4v) is 4.52. The molecule has 2 aromatic rings. The van der Waals surface area contributed by atoms with Crippen molar-refractivity contribution in [1.82, 2.24) is 14.5 Å². The second kappa shape index (κ2) is 6.78. The molecule has 144 valence electrons. The highest BCUT2D eigenvalue weighted by molar-refractivity contribution is 7.17. The number of hydrogen-bond donors (Lipinski definition) is 0. The number of hydrogen-bond acceptors (Lipinski definition) is 4. The van der Waals surface area contributed by atoms with E-state index in [1.54, 1.807) is 11.3 Å². The second-order valence-corrected chi connectivity index (χ2v) is 9.33. The van der Waals surface area contributed by atoms with Crippen LogP contribution in [0.4, 0.5) is 0 Å². The molecule has 0 aliphatic carbocycles. The van der Waals surface area contributed by atoms with Gasteiger partial charge in [0.2, 0.25) is 5.91 Å². The lowest BCUT2D eigenvalue weighted by Crippen LogP contribution is -2.43. The first-order chi connectivity index (χ1) is 12.8. The maximum atomic E-state index is 13.2. The Balaban J connectivity index is 1.70. The van der Waals surface area contributed by atoms with Gasteiger partial charge in [-0.3, -0.25) is 9.59 Å². The van der Waals surface area contributed by atoms with Gasteiger partial charge in [-0.1, -0.05) is 20.8 Å². The Hall–Kier alpha value is -2.15. The van der Waals surface area contributed by atoms with Gasteiger partial charge in [-0.15, -0.1) is 11.3 Å². The Bertz CT molecular complexity index is 912. The summed E-state index contributed by atoms with van der Waals surface area (Å²) in [6.45, 7) is 8.43. The lowest BCUT2D eigenvalue weighted by atomic mass is 9.90. The van der Waals surface area contributed by atoms with Crippen LogP contribution in [0.3, 0.4) is 0 Å². The molecule has 1 saturated heterocycles. The largest absolute Gasteiger partial charge is 0.341 e. The molecule has 2 aromatic heterocycles. The molecule has 0 saturated carbocycles. The molecule has 0 N–H and O–H groups in total. The fourth-order valence-electron chi connectivity index (χ4n) is 3.70. The summed E-state index contributed by atoms with van der Waals surface area (Å²) in [6, 6.07) is 3.98. The summed E-state index contributed by atoms with van der Waals surface area (Å²) in [5, 5.41) is 8.11. The van der Waals surface area contributed by atoms with Crippen molar-refractivity contribution in [1.29, 1.82) is 0 Å². The minimum absolute atomic E-state index is 0.0112. The van der Waals surface area contributed by atoms with E-state index in [0.717, 1.165) is 41.9 Å². The van der Waals surface area contributed by atoms with Crippen molar-refractivity contribution < 1.29 is 9.59 Å². The van der Waals surface area contributed by atoms with Crippen LogP contribution >= 0.6 is 11.3 Å². The highest BCUT2D eigenvalue weighted by Crippen LogP contribution is 2.30. The van der Waals surface area contributed by atoms with Gasteiger partial charge in [-0.2, -0.15) is 5.10 Å². The zero-order chi connectivity index (χ0) is 19.2. The van der Waals surface area contributed by atoms with E-state index < -0.39 is 0 Å². The Morgan fingerprint density at radius 3 is 2.67 bits per heavy atom. The number of aromatic nitrogens is 1. The Morgan fingerprint density at radius 2 is 1.96 bits per heavy atom. The molecule has 0 unspecified atom stereocenters. The van der Waals surface area contributed by atoms with Crippen LogP contribution in [0.25, 0.3) is 10.2 Å². The molecule has 2 amide bonds. The molecule has 0 atom stereocenters. The summed E-state index contributed by atoms with van der Waals surface area (Å²) in [4.78, 5) is 27.9. The Morgan fingerprint density at radius 1 is 1.22 bits per heavy atom. The van der Waals surface area contributed by atoms with Crippen molar-refractivity contribution in [3.8, 4) is 0 Å². The lowest BCUT2D eigenvalue weighted by molar-refractivity contribution is -0.132. The van der Waals surface area contributed by atoms with Crippen LogP contribution in [0.15, 0.2) is 22.6 Å². The summed E-state index contributed by atoms with van der Waals surface area (Å²) in [6.07, 6.45) is 3.24. The smallest absolute Gasteiger partial charge is 0.291 e. The van der Waals surface area contributed by atoms with E-state index in [-0.39, 0.29) is 23.8 Å². The first kappa shape index (κ1) is 18.2. The summed E-state index contributed by atoms with van der Waals surface area (Å²) >= 11 is 1.63. The molecule has 1 fully saturated rings. The minimum Gasteiger partial charge on any atom is -0.341 e. The summed E-state index contributed by atoms with van der Waals surface area (Å²) in [7, 11) is 0. The third-order valence-electron chi connectivity index (χ3n) is 5.39. The third kappa shape index (κ3) is 3.40. The highest BCUT2D eigenvalue weighted by atomic mass is 32.1. The number of carbonyl (C=O) groups excluding carboxylic acids is 2. The number of carbonyl (C=O) groups is 2. The number of fused-ring (bicyclic) bond motifs is 3. The van der Waals surface area contributed by atoms with E-state index in [0.29, 0.717) is 12.2 Å². The van der Waals surface area contributed by atoms with E-state index in [2.05, 4.69) is 25.9 Å². The molecule has 6 nitrogen and oxygen atoms in total. The first-order valence-corrected chi connectivity index (χ1v) is 10.5. The molecular formula is C20H26N4O2S. The van der Waals surface area contributed by atoms with Gasteiger partial charge >= 0.3 is 0 Å². The monoisotopic (exact) mass is 386 g/mol. The molecule has 27 heavy (non-hydrogen) atoms. The minimum atomic E-state index is -0.194. The van der Waals surface area contributed by atoms with Gasteiger partial charge in [0.15, 0.2) is 0 Å². The number of thiophene rings is 1. The number of likely N-dealkylation sites (tertiary alicyclic amines) is 1. The van der Waals surface area contributed by atoms with Crippen molar-refractivity contribution in [3.63, 3.8) is 0 Å². The summed E-state index contributed by atoms with van der Waals surface area (Å²) < 4.78 is 3.14. The van der Waals surface area contributed by atoms with Crippen molar-refractivity contribution >= 4 is 39.1 Å². The number of nitrogens with zero attached hydrogens (tertiary/aromatic N) is 4. The van der Waals surface area contributed by atoms with Crippen molar-refractivity contribution in [2.45, 2.75) is 46.6 Å². The first-order valence-electron chi connectivity index (χ1n) is 9.59. The van der Waals surface area contributed by atoms with Crippen LogP contribution in [-0.2, 0) is 11.3 Å². The standard InChI is InChI=1S/C20H26N4O2S/c1-20(2,3)17-12-23-14-7-10-27-16(14)11-15(23)19(26)24(21-17)13-18(25)22-8-5-4-6-9-22/h7,10-11H,4-6,8-9,12-13H2,1-3H3. The molecule has 2 aliphatic rings. The molecule has 4 heterocycles. The predicted octanol–water partition coefficient (Wildman–Crippen LogP) is 3.57. The average Bonchev–Trinajstić information content (AvgIpc) is 3.18. The molecule has 0 bridgehead atoms. The van der Waals surface area contributed by atoms with Crippen LogP contribution in [0.2, 0.25) is 0 Å². The van der Waals surface area contributed by atoms with Gasteiger partial charge in [-0.05, 0) is 36.8 Å². The third-order valence-corrected chi connectivity index (χ3v) is 6.24. The van der Waals surface area contributed by atoms with Crippen LogP contribution in [0, 0.1) is 5.41 Å². The van der Waals surface area contributed by atoms with E-state index in [1.807, 2.05) is 27.0 Å². The Kier molecular flexibility index (Phi) is 4.58. The fraction of sp³-hybridized carbons (Fsp3) is 0.550. The maximum Gasteiger partial charge on any atom is 0.291 e. The topological polar surface area (TPSA) is 57.9 Å². The van der Waals surface area contributed by atoms with E-state index >= 15 is 0 Å². The molecule has 4 rings (SSSR count). The summed E-state index contributed by atoms with van der Waals surface area (Å²) in [5.74, 6) is -0.204. The van der Waals surface area contributed by atoms with E-state index in [1.165, 1.54) is 11.4 Å². The van der Waals surface area contributed by atoms with Crippen LogP contribution < -0.4 is 0 Å². The van der Waals surface area contributed by atoms with Crippen LogP contribution in [0.1, 0.15) is 50.5 Å². The normalized spacial score (nSPS) is 18.5. The molecular weight excluding hydrogens is 360 g/mol. The van der Waals surface area contributed by atoms with Crippen molar-refractivity contribution in [2.24, 2.45) is 10.5 Å². The summed E-state index contributed by atoms with van der Waals surface area (Å²) in [5.41, 5.74) is 2.39. The zero-order valence-corrected chi connectivity index (χ0v) is 17.0. The highest BCUT2D eigenvalue weighted by Gasteiger charge is 2.32. The number of hydrazone groups is 1. The lowest BCUT2D eigenvalue weighted by Gasteiger charge is -2.29. The van der Waals surface area contributed by atoms with Crippen molar-refractivity contribution in [3.05, 3.63) is 23.2 Å². The number of piperidine rings is 1. The predicted molar refractivity (Wildman–Crippen MR) is 108 cm³/mol. The van der Waals surface area contributed by atoms with Crippen LogP contribution in [0.5, 0.6) is 0 Å². The van der Waals surface area contributed by atoms with Gasteiger partial charge in [0, 0.05) is 18.5 Å². The molecule has 2 aliphatic heterocycles. The van der Waals surface area contributed by atoms with Gasteiger partial charge in [0.05, 0.1) is 22.5 Å². The molecule has 7 heteroatoms. The SMILES string of the molecule is CC(C)(C)C1=NN(CC(=O)N2CCCCC2)C(=O)c2cc3sccc3n2C1. The molecule has 0 spiro atoms. The second-order valence-electron chi connectivity index (χ2n) is 8.39. The Labute approximate surface area is 163 Å². The number of rotatable bonds is 2. The number of amides is 2. The van der Waals surface area contributed by atoms with Crippen molar-refractivity contribution in [2.75, 3.05) is 19.6 Å². The van der Waals surface area contributed by atoms with E-state index in [4.69, 9.17) is 0 Å². The zero-order valence-electron chi connectivity index (χ0n) is 16.2. The average molecular weight is 387 g/mol. The van der Waals surface area contributed by atoms with E-state index in [9.17, 15) is 9.59 Å². The van der Waals surface area contributed by atoms with Gasteiger partial charge in [-0.25, -0.2) is 5.01 Å². The van der Waals surface area contributed by atoms with Gasteiger partial charge in [0.1, 0.15) is 12.2 Å². The molecule has 0 radical (unpaired) electrons. The van der Waals surface area contributed by atoms with Crippen LogP contribution in [-0.4, -0.2) is 51.6 Å². The van der Waals surface area contributed by atoms with Gasteiger partial charge < -0.3 is 9.47 Å². The van der Waals surface area contributed by atoms with Gasteiger partial charge in [0.25, 0.3) is 5.91 Å². The maximum absolute atomic E-state index is 13.2. The molecule has 0 aromatic carbocycles. The quantitative estimate of drug-likeness (QED) is 0.792.